The van der Waals surface area contributed by atoms with Gasteiger partial charge in [-0.15, -0.1) is 11.3 Å². The zero-order valence-electron chi connectivity index (χ0n) is 11.5. The minimum absolute atomic E-state index is 0.330. The van der Waals surface area contributed by atoms with Gasteiger partial charge in [0.05, 0.1) is 11.8 Å². The fourth-order valence-corrected chi connectivity index (χ4v) is 3.13. The Morgan fingerprint density at radius 1 is 1.67 bits per heavy atom. The summed E-state index contributed by atoms with van der Waals surface area (Å²) < 4.78 is 5.66. The minimum Gasteiger partial charge on any atom is -0.376 e. The molecule has 2 heterocycles. The lowest BCUT2D eigenvalue weighted by Crippen LogP contribution is -2.28. The maximum atomic E-state index is 5.66. The summed E-state index contributed by atoms with van der Waals surface area (Å²) in [6.07, 6.45) is 2.75. The molecule has 2 unspecified atom stereocenters. The molecule has 0 saturated carbocycles. The molecule has 1 aliphatic rings. The smallest absolute Gasteiger partial charge is 0.185 e. The molecule has 1 aromatic rings. The number of hydrogen-bond acceptors (Lipinski definition) is 5. The third-order valence-corrected chi connectivity index (χ3v) is 4.26. The first-order chi connectivity index (χ1) is 8.70. The van der Waals surface area contributed by atoms with Crippen molar-refractivity contribution in [1.82, 2.24) is 10.3 Å². The first-order valence-corrected chi connectivity index (χ1v) is 7.60. The molecule has 0 aliphatic carbocycles. The van der Waals surface area contributed by atoms with Crippen LogP contribution < -0.4 is 10.2 Å². The minimum atomic E-state index is 0.330. The fourth-order valence-electron chi connectivity index (χ4n) is 2.23. The summed E-state index contributed by atoms with van der Waals surface area (Å²) in [5.41, 5.74) is 1.14. The predicted molar refractivity (Wildman–Crippen MR) is 76.4 cm³/mol. The highest BCUT2D eigenvalue weighted by molar-refractivity contribution is 7.13. The molecule has 0 aromatic carbocycles. The lowest BCUT2D eigenvalue weighted by Gasteiger charge is -2.19. The van der Waals surface area contributed by atoms with Crippen molar-refractivity contribution in [2.75, 3.05) is 31.6 Å². The van der Waals surface area contributed by atoms with Crippen molar-refractivity contribution in [3.8, 4) is 0 Å². The van der Waals surface area contributed by atoms with E-state index in [1.54, 1.807) is 11.3 Å². The first kappa shape index (κ1) is 13.8. The van der Waals surface area contributed by atoms with Crippen LogP contribution in [0.1, 0.15) is 38.4 Å². The Morgan fingerprint density at radius 2 is 2.50 bits per heavy atom. The molecule has 1 saturated heterocycles. The monoisotopic (exact) mass is 269 g/mol. The molecule has 2 atom stereocenters. The van der Waals surface area contributed by atoms with Crippen molar-refractivity contribution in [3.63, 3.8) is 0 Å². The van der Waals surface area contributed by atoms with Crippen LogP contribution in [0.2, 0.25) is 0 Å². The first-order valence-electron chi connectivity index (χ1n) is 6.72. The van der Waals surface area contributed by atoms with Crippen molar-refractivity contribution in [2.24, 2.45) is 0 Å². The lowest BCUT2D eigenvalue weighted by molar-refractivity contribution is 0.116. The van der Waals surface area contributed by atoms with Crippen molar-refractivity contribution in [1.29, 1.82) is 0 Å². The molecule has 0 spiro atoms. The number of rotatable bonds is 6. The molecule has 2 rings (SSSR count). The van der Waals surface area contributed by atoms with E-state index >= 15 is 0 Å². The highest BCUT2D eigenvalue weighted by Gasteiger charge is 2.19. The quantitative estimate of drug-likeness (QED) is 0.860. The molecule has 1 aliphatic heterocycles. The number of likely N-dealkylation sites (N-methyl/N-ethyl adjacent to an activating group) is 1. The summed E-state index contributed by atoms with van der Waals surface area (Å²) in [6, 6.07) is 0.330. The van der Waals surface area contributed by atoms with Crippen LogP contribution in [-0.4, -0.2) is 37.8 Å². The molecule has 102 valence electrons. The molecule has 1 aromatic heterocycles. The summed E-state index contributed by atoms with van der Waals surface area (Å²) in [5.74, 6) is 0. The Kier molecular flexibility index (Phi) is 4.97. The number of thiazole rings is 1. The largest absolute Gasteiger partial charge is 0.376 e. The summed E-state index contributed by atoms with van der Waals surface area (Å²) in [7, 11) is 2.10. The second-order valence-corrected chi connectivity index (χ2v) is 5.69. The summed E-state index contributed by atoms with van der Waals surface area (Å²) >= 11 is 1.71. The average Bonchev–Trinajstić information content (AvgIpc) is 2.99. The SMILES string of the molecule is CCNC(C)c1csc(N(C)CC2CCCO2)n1. The van der Waals surface area contributed by atoms with E-state index in [-0.39, 0.29) is 0 Å². The Balaban J connectivity index is 1.91. The van der Waals surface area contributed by atoms with E-state index in [1.807, 2.05) is 0 Å². The molecule has 0 amide bonds. The molecule has 1 N–H and O–H groups in total. The number of nitrogens with zero attached hydrogens (tertiary/aromatic N) is 2. The number of ether oxygens (including phenoxy) is 1. The Hall–Kier alpha value is -0.650. The topological polar surface area (TPSA) is 37.4 Å². The van der Waals surface area contributed by atoms with Crippen molar-refractivity contribution < 1.29 is 4.74 Å². The van der Waals surface area contributed by atoms with Crippen LogP contribution in [0.5, 0.6) is 0 Å². The molecular formula is C13H23N3OS. The molecule has 5 heteroatoms. The van der Waals surface area contributed by atoms with Gasteiger partial charge >= 0.3 is 0 Å². The Labute approximate surface area is 113 Å². The van der Waals surface area contributed by atoms with Crippen molar-refractivity contribution in [2.45, 2.75) is 38.8 Å². The molecule has 0 bridgehead atoms. The van der Waals surface area contributed by atoms with Crippen LogP contribution in [0.15, 0.2) is 5.38 Å². The fraction of sp³-hybridized carbons (Fsp3) is 0.769. The predicted octanol–water partition coefficient (Wildman–Crippen LogP) is 2.43. The molecule has 0 radical (unpaired) electrons. The van der Waals surface area contributed by atoms with E-state index in [4.69, 9.17) is 9.72 Å². The van der Waals surface area contributed by atoms with Crippen LogP contribution in [0.3, 0.4) is 0 Å². The van der Waals surface area contributed by atoms with Gasteiger partial charge in [-0.25, -0.2) is 4.98 Å². The number of anilines is 1. The van der Waals surface area contributed by atoms with Crippen molar-refractivity contribution in [3.05, 3.63) is 11.1 Å². The summed E-state index contributed by atoms with van der Waals surface area (Å²) in [5, 5.41) is 6.62. The lowest BCUT2D eigenvalue weighted by atomic mass is 10.2. The van der Waals surface area contributed by atoms with Gasteiger partial charge in [-0.2, -0.15) is 0 Å². The Morgan fingerprint density at radius 3 is 3.17 bits per heavy atom. The van der Waals surface area contributed by atoms with Gasteiger partial charge in [-0.05, 0) is 26.3 Å². The van der Waals surface area contributed by atoms with Crippen molar-refractivity contribution >= 4 is 16.5 Å². The van der Waals surface area contributed by atoms with E-state index in [2.05, 4.69) is 36.5 Å². The maximum absolute atomic E-state index is 5.66. The number of hydrogen-bond donors (Lipinski definition) is 1. The van der Waals surface area contributed by atoms with Gasteiger partial charge in [-0.1, -0.05) is 6.92 Å². The summed E-state index contributed by atoms with van der Waals surface area (Å²) in [4.78, 5) is 6.91. The van der Waals surface area contributed by atoms with E-state index in [1.165, 1.54) is 12.8 Å². The third-order valence-electron chi connectivity index (χ3n) is 3.29. The van der Waals surface area contributed by atoms with Crippen LogP contribution in [0, 0.1) is 0 Å². The highest BCUT2D eigenvalue weighted by atomic mass is 32.1. The highest BCUT2D eigenvalue weighted by Crippen LogP contribution is 2.24. The second-order valence-electron chi connectivity index (χ2n) is 4.85. The zero-order valence-corrected chi connectivity index (χ0v) is 12.3. The second kappa shape index (κ2) is 6.50. The number of aromatic nitrogens is 1. The normalized spacial score (nSPS) is 21.2. The molecular weight excluding hydrogens is 246 g/mol. The van der Waals surface area contributed by atoms with Gasteiger partial charge in [0.1, 0.15) is 0 Å². The van der Waals surface area contributed by atoms with Gasteiger partial charge in [0.25, 0.3) is 0 Å². The average molecular weight is 269 g/mol. The molecule has 18 heavy (non-hydrogen) atoms. The van der Waals surface area contributed by atoms with Gasteiger partial charge in [0.15, 0.2) is 5.13 Å². The third kappa shape index (κ3) is 3.43. The summed E-state index contributed by atoms with van der Waals surface area (Å²) in [6.45, 7) is 7.11. The van der Waals surface area contributed by atoms with E-state index in [0.717, 1.165) is 30.5 Å². The Bertz CT molecular complexity index is 363. The van der Waals surface area contributed by atoms with Crippen LogP contribution in [-0.2, 0) is 4.74 Å². The van der Waals surface area contributed by atoms with Gasteiger partial charge in [0.2, 0.25) is 0 Å². The number of nitrogens with one attached hydrogen (secondary N) is 1. The maximum Gasteiger partial charge on any atom is 0.185 e. The van der Waals surface area contributed by atoms with E-state index in [9.17, 15) is 0 Å². The van der Waals surface area contributed by atoms with Gasteiger partial charge in [0, 0.05) is 31.6 Å². The zero-order chi connectivity index (χ0) is 13.0. The molecule has 1 fully saturated rings. The van der Waals surface area contributed by atoms with E-state index in [0.29, 0.717) is 12.1 Å². The van der Waals surface area contributed by atoms with E-state index < -0.39 is 0 Å². The standard InChI is InChI=1S/C13H23N3OS/c1-4-14-10(2)12-9-18-13(15-12)16(3)8-11-6-5-7-17-11/h9-11,14H,4-8H2,1-3H3. The van der Waals surface area contributed by atoms with Gasteiger partial charge < -0.3 is 15.0 Å². The molecule has 4 nitrogen and oxygen atoms in total. The van der Waals surface area contributed by atoms with Crippen LogP contribution >= 0.6 is 11.3 Å². The van der Waals surface area contributed by atoms with Crippen LogP contribution in [0.25, 0.3) is 0 Å². The van der Waals surface area contributed by atoms with Crippen LogP contribution in [0.4, 0.5) is 5.13 Å². The van der Waals surface area contributed by atoms with Gasteiger partial charge in [-0.3, -0.25) is 0 Å².